The summed E-state index contributed by atoms with van der Waals surface area (Å²) in [7, 11) is 1.83. The van der Waals surface area contributed by atoms with Crippen molar-refractivity contribution in [2.24, 2.45) is 40.4 Å². The zero-order valence-corrected chi connectivity index (χ0v) is 16.2. The number of rotatable bonds is 3. The van der Waals surface area contributed by atoms with Gasteiger partial charge in [-0.3, -0.25) is 0 Å². The van der Waals surface area contributed by atoms with Crippen molar-refractivity contribution < 1.29 is 9.84 Å². The summed E-state index contributed by atoms with van der Waals surface area (Å²) in [4.78, 5) is 0. The minimum atomic E-state index is 0.404. The van der Waals surface area contributed by atoms with Crippen molar-refractivity contribution in [1.29, 1.82) is 0 Å². The highest BCUT2D eigenvalue weighted by molar-refractivity contribution is 5.37. The van der Waals surface area contributed by atoms with E-state index in [9.17, 15) is 5.11 Å². The van der Waals surface area contributed by atoms with Gasteiger partial charge in [-0.2, -0.15) is 0 Å². The van der Waals surface area contributed by atoms with E-state index in [-0.39, 0.29) is 0 Å². The first-order valence-corrected chi connectivity index (χ1v) is 10.6. The molecule has 1 N–H and O–H groups in total. The van der Waals surface area contributed by atoms with E-state index >= 15 is 0 Å². The van der Waals surface area contributed by atoms with E-state index in [1.807, 2.05) is 7.11 Å². The summed E-state index contributed by atoms with van der Waals surface area (Å²) >= 11 is 0. The van der Waals surface area contributed by atoms with E-state index in [0.717, 1.165) is 36.5 Å². The molecule has 0 radical (unpaired) electrons. The van der Waals surface area contributed by atoms with Crippen LogP contribution in [0.15, 0.2) is 23.0 Å². The molecule has 0 bridgehead atoms. The molecule has 0 aromatic heterocycles. The molecule has 2 heteroatoms. The fourth-order valence-electron chi connectivity index (χ4n) is 8.34. The van der Waals surface area contributed by atoms with E-state index in [4.69, 9.17) is 4.74 Å². The molecular formula is C23H34O2. The molecule has 138 valence electrons. The standard InChI is InChI=1S/C23H34O2/c1-4-14-9-15-10-18(25-3)5-6-19(15)20-7-8-22(2)17(13-24)11-16-12-23(16,22)21(14)20/h5,14,16-17,20-21,24H,4,6-13H2,1-3H3/t14-,16+,17+,20-,21-,22-,23-/m1/s1. The lowest BCUT2D eigenvalue weighted by molar-refractivity contribution is -0.0600. The summed E-state index contributed by atoms with van der Waals surface area (Å²) in [6.45, 7) is 5.38. The number of methoxy groups -OCH3 is 1. The number of aliphatic hydroxyl groups excluding tert-OH is 1. The minimum Gasteiger partial charge on any atom is -0.501 e. The molecule has 0 aromatic carbocycles. The van der Waals surface area contributed by atoms with Crippen LogP contribution in [0.25, 0.3) is 0 Å². The Morgan fingerprint density at radius 3 is 2.92 bits per heavy atom. The van der Waals surface area contributed by atoms with Crippen molar-refractivity contribution in [2.75, 3.05) is 13.7 Å². The summed E-state index contributed by atoms with van der Waals surface area (Å²) < 4.78 is 5.59. The quantitative estimate of drug-likeness (QED) is 0.724. The van der Waals surface area contributed by atoms with Crippen LogP contribution in [0.2, 0.25) is 0 Å². The van der Waals surface area contributed by atoms with Gasteiger partial charge in [0.2, 0.25) is 0 Å². The van der Waals surface area contributed by atoms with Crippen LogP contribution in [0.5, 0.6) is 0 Å². The van der Waals surface area contributed by atoms with Crippen LogP contribution < -0.4 is 0 Å². The van der Waals surface area contributed by atoms with Crippen molar-refractivity contribution in [2.45, 2.75) is 65.2 Å². The normalized spacial score (nSPS) is 50.4. The number of allylic oxidation sites excluding steroid dienone is 3. The molecule has 1 spiro atoms. The molecule has 5 aliphatic carbocycles. The minimum absolute atomic E-state index is 0.404. The second kappa shape index (κ2) is 5.38. The number of hydrogen-bond acceptors (Lipinski definition) is 2. The van der Waals surface area contributed by atoms with E-state index < -0.39 is 0 Å². The van der Waals surface area contributed by atoms with E-state index in [1.165, 1.54) is 44.3 Å². The second-order valence-corrected chi connectivity index (χ2v) is 9.90. The molecule has 7 atom stereocenters. The molecule has 0 aliphatic heterocycles. The van der Waals surface area contributed by atoms with Gasteiger partial charge in [0, 0.05) is 13.0 Å². The lowest BCUT2D eigenvalue weighted by Crippen LogP contribution is -2.50. The molecule has 5 aliphatic rings. The maximum absolute atomic E-state index is 10.0. The Morgan fingerprint density at radius 1 is 1.36 bits per heavy atom. The third kappa shape index (κ3) is 1.90. The number of hydrogen-bond donors (Lipinski definition) is 1. The highest BCUT2D eigenvalue weighted by Gasteiger charge is 2.77. The van der Waals surface area contributed by atoms with Crippen LogP contribution in [0, 0.1) is 40.4 Å². The van der Waals surface area contributed by atoms with Crippen molar-refractivity contribution >= 4 is 0 Å². The summed E-state index contributed by atoms with van der Waals surface area (Å²) in [6, 6.07) is 0. The van der Waals surface area contributed by atoms with Crippen LogP contribution in [0.3, 0.4) is 0 Å². The van der Waals surface area contributed by atoms with Crippen LogP contribution in [-0.4, -0.2) is 18.8 Å². The van der Waals surface area contributed by atoms with E-state index in [1.54, 1.807) is 11.1 Å². The van der Waals surface area contributed by atoms with Gasteiger partial charge in [0.1, 0.15) is 0 Å². The van der Waals surface area contributed by atoms with Crippen LogP contribution in [0.4, 0.5) is 0 Å². The van der Waals surface area contributed by atoms with Gasteiger partial charge in [0.05, 0.1) is 12.9 Å². The molecule has 5 rings (SSSR count). The van der Waals surface area contributed by atoms with Gasteiger partial charge in [-0.1, -0.05) is 31.4 Å². The largest absolute Gasteiger partial charge is 0.501 e. The molecule has 3 saturated carbocycles. The SMILES string of the molecule is CC[C@@H]1CC2=C(CC=C(OC)C2)[C@H]2CC[C@]3(C)[C@H](CO)C[C@H]4C[C@]43[C@H]12. The van der Waals surface area contributed by atoms with Crippen molar-refractivity contribution in [3.63, 3.8) is 0 Å². The lowest BCUT2D eigenvalue weighted by Gasteiger charge is -2.57. The van der Waals surface area contributed by atoms with Crippen LogP contribution in [0.1, 0.15) is 65.2 Å². The summed E-state index contributed by atoms with van der Waals surface area (Å²) in [6.07, 6.45) is 12.6. The first-order chi connectivity index (χ1) is 12.1. The fraction of sp³-hybridized carbons (Fsp3) is 0.826. The highest BCUT2D eigenvalue weighted by Crippen LogP contribution is 2.83. The summed E-state index contributed by atoms with van der Waals surface area (Å²) in [5.74, 6) is 5.21. The molecule has 0 aromatic rings. The van der Waals surface area contributed by atoms with E-state index in [2.05, 4.69) is 19.9 Å². The van der Waals surface area contributed by atoms with Crippen LogP contribution >= 0.6 is 0 Å². The van der Waals surface area contributed by atoms with Crippen molar-refractivity contribution in [3.8, 4) is 0 Å². The molecular weight excluding hydrogens is 308 g/mol. The van der Waals surface area contributed by atoms with Gasteiger partial charge in [-0.15, -0.1) is 0 Å². The molecule has 0 unspecified atom stereocenters. The predicted molar refractivity (Wildman–Crippen MR) is 99.8 cm³/mol. The first-order valence-electron chi connectivity index (χ1n) is 10.6. The Labute approximate surface area is 152 Å². The summed E-state index contributed by atoms with van der Waals surface area (Å²) in [5.41, 5.74) is 4.49. The fourth-order valence-corrected chi connectivity index (χ4v) is 8.34. The van der Waals surface area contributed by atoms with Crippen molar-refractivity contribution in [3.05, 3.63) is 23.0 Å². The molecule has 0 amide bonds. The van der Waals surface area contributed by atoms with Gasteiger partial charge in [-0.05, 0) is 85.0 Å². The zero-order valence-electron chi connectivity index (χ0n) is 16.2. The first kappa shape index (κ1) is 16.4. The smallest absolute Gasteiger partial charge is 0.0959 e. The monoisotopic (exact) mass is 342 g/mol. The molecule has 25 heavy (non-hydrogen) atoms. The van der Waals surface area contributed by atoms with Gasteiger partial charge < -0.3 is 9.84 Å². The lowest BCUT2D eigenvalue weighted by atomic mass is 9.48. The average Bonchev–Trinajstić information content (AvgIpc) is 3.30. The highest BCUT2D eigenvalue weighted by atomic mass is 16.5. The van der Waals surface area contributed by atoms with Gasteiger partial charge >= 0.3 is 0 Å². The maximum atomic E-state index is 10.0. The Balaban J connectivity index is 1.54. The predicted octanol–water partition coefficient (Wildman–Crippen LogP) is 5.09. The van der Waals surface area contributed by atoms with Crippen LogP contribution in [-0.2, 0) is 4.74 Å². The third-order valence-corrected chi connectivity index (χ3v) is 9.55. The molecule has 0 heterocycles. The van der Waals surface area contributed by atoms with Gasteiger partial charge in [-0.25, -0.2) is 0 Å². The van der Waals surface area contributed by atoms with E-state index in [0.29, 0.717) is 23.4 Å². The molecule has 3 fully saturated rings. The Bertz CT molecular complexity index is 646. The number of ether oxygens (including phenoxy) is 1. The Hall–Kier alpha value is -0.760. The number of aliphatic hydroxyl groups is 1. The second-order valence-electron chi connectivity index (χ2n) is 9.90. The zero-order chi connectivity index (χ0) is 17.4. The molecule has 0 saturated heterocycles. The molecule has 2 nitrogen and oxygen atoms in total. The third-order valence-electron chi connectivity index (χ3n) is 9.55. The summed E-state index contributed by atoms with van der Waals surface area (Å²) in [5, 5.41) is 10.0. The van der Waals surface area contributed by atoms with Gasteiger partial charge in [0.25, 0.3) is 0 Å². The Morgan fingerprint density at radius 2 is 2.20 bits per heavy atom. The maximum Gasteiger partial charge on any atom is 0.0959 e. The van der Waals surface area contributed by atoms with Crippen molar-refractivity contribution in [1.82, 2.24) is 0 Å². The average molecular weight is 343 g/mol. The number of fused-ring (bicyclic) bond motifs is 2. The Kier molecular flexibility index (Phi) is 3.53. The van der Waals surface area contributed by atoms with Gasteiger partial charge in [0.15, 0.2) is 0 Å². The topological polar surface area (TPSA) is 29.5 Å².